The van der Waals surface area contributed by atoms with Crippen LogP contribution in [0, 0.1) is 5.92 Å². The molecule has 19 heavy (non-hydrogen) atoms. The number of aliphatic hydroxyl groups excluding tert-OH is 1. The molecule has 0 unspecified atom stereocenters. The number of rotatable bonds is 2. The average Bonchev–Trinajstić information content (AvgIpc) is 3.01. The van der Waals surface area contributed by atoms with Crippen molar-refractivity contribution in [2.75, 3.05) is 13.2 Å². The predicted octanol–water partition coefficient (Wildman–Crippen LogP) is 2.74. The van der Waals surface area contributed by atoms with E-state index in [2.05, 4.69) is 0 Å². The molecule has 1 N–H and O–H groups in total. The zero-order valence-corrected chi connectivity index (χ0v) is 11.7. The minimum atomic E-state index is 0.0981. The van der Waals surface area contributed by atoms with Gasteiger partial charge in [-0.3, -0.25) is 4.79 Å². The monoisotopic (exact) mass is 275 g/mol. The van der Waals surface area contributed by atoms with Gasteiger partial charge in [0.25, 0.3) is 5.91 Å². The molecule has 1 aliphatic heterocycles. The maximum Gasteiger partial charge on any atom is 0.255 e. The number of amides is 1. The second-order valence-electron chi connectivity index (χ2n) is 5.12. The van der Waals surface area contributed by atoms with Crippen LogP contribution >= 0.6 is 11.3 Å². The van der Waals surface area contributed by atoms with Gasteiger partial charge >= 0.3 is 0 Å². The van der Waals surface area contributed by atoms with Gasteiger partial charge in [0.1, 0.15) is 0 Å². The first-order valence-corrected chi connectivity index (χ1v) is 7.48. The first-order valence-electron chi connectivity index (χ1n) is 6.60. The molecule has 1 amide bonds. The molecule has 1 fully saturated rings. The van der Waals surface area contributed by atoms with Crippen LogP contribution < -0.4 is 0 Å². The number of carbonyl (C=O) groups excluding carboxylic acids is 1. The molecule has 0 aliphatic carbocycles. The lowest BCUT2D eigenvalue weighted by Crippen LogP contribution is -2.36. The number of carbonyl (C=O) groups is 1. The third-order valence-corrected chi connectivity index (χ3v) is 5.08. The quantitative estimate of drug-likeness (QED) is 0.915. The minimum Gasteiger partial charge on any atom is -0.396 e. The summed E-state index contributed by atoms with van der Waals surface area (Å²) < 4.78 is 1.15. The van der Waals surface area contributed by atoms with E-state index >= 15 is 0 Å². The first-order chi connectivity index (χ1) is 9.22. The summed E-state index contributed by atoms with van der Waals surface area (Å²) in [4.78, 5) is 14.5. The van der Waals surface area contributed by atoms with Crippen molar-refractivity contribution in [3.63, 3.8) is 0 Å². The molecule has 4 heteroatoms. The summed E-state index contributed by atoms with van der Waals surface area (Å²) >= 11 is 1.61. The molecule has 3 nitrogen and oxygen atoms in total. The van der Waals surface area contributed by atoms with Gasteiger partial charge in [-0.05, 0) is 19.4 Å². The molecule has 1 aliphatic rings. The lowest BCUT2D eigenvalue weighted by molar-refractivity contribution is 0.0719. The molecule has 2 atom stereocenters. The standard InChI is InChI=1S/C15H17NO2S/c1-10-11(8-17)6-7-16(10)15(18)13-9-19-14-5-3-2-4-12(13)14/h2-5,9-11,17H,6-8H2,1H3/t10-,11+/m0/s1. The Morgan fingerprint density at radius 1 is 1.47 bits per heavy atom. The number of fused-ring (bicyclic) bond motifs is 1. The van der Waals surface area contributed by atoms with Crippen LogP contribution in [-0.2, 0) is 0 Å². The van der Waals surface area contributed by atoms with Crippen molar-refractivity contribution in [1.29, 1.82) is 0 Å². The van der Waals surface area contributed by atoms with Crippen molar-refractivity contribution in [1.82, 2.24) is 4.90 Å². The van der Waals surface area contributed by atoms with Crippen molar-refractivity contribution >= 4 is 27.3 Å². The molecule has 1 aromatic carbocycles. The molecular weight excluding hydrogens is 258 g/mol. The summed E-state index contributed by atoms with van der Waals surface area (Å²) in [6.45, 7) is 2.94. The van der Waals surface area contributed by atoms with Gasteiger partial charge in [0.05, 0.1) is 5.56 Å². The Hall–Kier alpha value is -1.39. The van der Waals surface area contributed by atoms with E-state index < -0.39 is 0 Å². The van der Waals surface area contributed by atoms with E-state index in [9.17, 15) is 9.90 Å². The third kappa shape index (κ3) is 2.05. The van der Waals surface area contributed by atoms with Crippen molar-refractivity contribution in [2.45, 2.75) is 19.4 Å². The number of nitrogens with zero attached hydrogens (tertiary/aromatic N) is 1. The van der Waals surface area contributed by atoms with E-state index in [1.54, 1.807) is 11.3 Å². The molecule has 2 heterocycles. The summed E-state index contributed by atoms with van der Waals surface area (Å²) in [5.74, 6) is 0.315. The van der Waals surface area contributed by atoms with Crippen molar-refractivity contribution in [3.8, 4) is 0 Å². The maximum atomic E-state index is 12.6. The molecule has 1 aromatic heterocycles. The fourth-order valence-corrected chi connectivity index (χ4v) is 3.77. The van der Waals surface area contributed by atoms with Crippen LogP contribution in [0.15, 0.2) is 29.6 Å². The summed E-state index contributed by atoms with van der Waals surface area (Å²) in [6, 6.07) is 8.13. The van der Waals surface area contributed by atoms with E-state index in [0.29, 0.717) is 0 Å². The van der Waals surface area contributed by atoms with Gasteiger partial charge in [-0.2, -0.15) is 0 Å². The van der Waals surface area contributed by atoms with E-state index in [0.717, 1.165) is 28.6 Å². The molecule has 0 saturated carbocycles. The number of hydrogen-bond donors (Lipinski definition) is 1. The summed E-state index contributed by atoms with van der Waals surface area (Å²) in [7, 11) is 0. The minimum absolute atomic E-state index is 0.0981. The highest BCUT2D eigenvalue weighted by atomic mass is 32.1. The predicted molar refractivity (Wildman–Crippen MR) is 77.5 cm³/mol. The Morgan fingerprint density at radius 2 is 2.26 bits per heavy atom. The number of thiophene rings is 1. The molecule has 3 rings (SSSR count). The highest BCUT2D eigenvalue weighted by Gasteiger charge is 2.34. The first kappa shape index (κ1) is 12.6. The van der Waals surface area contributed by atoms with E-state index in [1.807, 2.05) is 41.5 Å². The number of likely N-dealkylation sites (tertiary alicyclic amines) is 1. The van der Waals surface area contributed by atoms with Crippen molar-refractivity contribution in [2.24, 2.45) is 5.92 Å². The molecule has 0 spiro atoms. The van der Waals surface area contributed by atoms with Crippen molar-refractivity contribution < 1.29 is 9.90 Å². The fourth-order valence-electron chi connectivity index (χ4n) is 2.83. The van der Waals surface area contributed by atoms with Crippen LogP contribution in [0.1, 0.15) is 23.7 Å². The van der Waals surface area contributed by atoms with E-state index in [4.69, 9.17) is 0 Å². The highest BCUT2D eigenvalue weighted by Crippen LogP contribution is 2.30. The topological polar surface area (TPSA) is 40.5 Å². The molecule has 2 aromatic rings. The van der Waals surface area contributed by atoms with E-state index in [1.165, 1.54) is 0 Å². The number of benzene rings is 1. The molecule has 0 radical (unpaired) electrons. The zero-order chi connectivity index (χ0) is 13.4. The lowest BCUT2D eigenvalue weighted by Gasteiger charge is -2.23. The largest absolute Gasteiger partial charge is 0.396 e. The maximum absolute atomic E-state index is 12.6. The van der Waals surface area contributed by atoms with Gasteiger partial charge < -0.3 is 10.0 Å². The van der Waals surface area contributed by atoms with Gasteiger partial charge in [-0.15, -0.1) is 11.3 Å². The van der Waals surface area contributed by atoms with E-state index in [-0.39, 0.29) is 24.5 Å². The van der Waals surface area contributed by atoms with Crippen LogP contribution in [0.2, 0.25) is 0 Å². The van der Waals surface area contributed by atoms with Gasteiger partial charge in [-0.25, -0.2) is 0 Å². The van der Waals surface area contributed by atoms with Gasteiger partial charge in [0.15, 0.2) is 0 Å². The fraction of sp³-hybridized carbons (Fsp3) is 0.400. The Labute approximate surface area is 116 Å². The van der Waals surface area contributed by atoms with Gasteiger partial charge in [0.2, 0.25) is 0 Å². The molecule has 100 valence electrons. The van der Waals surface area contributed by atoms with Crippen LogP contribution in [-0.4, -0.2) is 35.1 Å². The molecular formula is C15H17NO2S. The highest BCUT2D eigenvalue weighted by molar-refractivity contribution is 7.17. The summed E-state index contributed by atoms with van der Waals surface area (Å²) in [5, 5.41) is 12.3. The molecule has 0 bridgehead atoms. The van der Waals surface area contributed by atoms with Crippen LogP contribution in [0.3, 0.4) is 0 Å². The smallest absolute Gasteiger partial charge is 0.255 e. The summed E-state index contributed by atoms with van der Waals surface area (Å²) in [6.07, 6.45) is 0.894. The number of hydrogen-bond acceptors (Lipinski definition) is 3. The van der Waals surface area contributed by atoms with Gasteiger partial charge in [-0.1, -0.05) is 18.2 Å². The zero-order valence-electron chi connectivity index (χ0n) is 10.9. The van der Waals surface area contributed by atoms with Crippen LogP contribution in [0.4, 0.5) is 0 Å². The second-order valence-corrected chi connectivity index (χ2v) is 6.03. The summed E-state index contributed by atoms with van der Waals surface area (Å²) in [5.41, 5.74) is 0.797. The third-order valence-electron chi connectivity index (χ3n) is 4.12. The van der Waals surface area contributed by atoms with Crippen LogP contribution in [0.25, 0.3) is 10.1 Å². The lowest BCUT2D eigenvalue weighted by atomic mass is 10.0. The van der Waals surface area contributed by atoms with Crippen molar-refractivity contribution in [3.05, 3.63) is 35.2 Å². The Bertz CT molecular complexity index is 607. The SMILES string of the molecule is C[C@H]1[C@@H](CO)CCN1C(=O)c1csc2ccccc12. The Kier molecular flexibility index (Phi) is 3.29. The Balaban J connectivity index is 1.92. The average molecular weight is 275 g/mol. The molecule has 1 saturated heterocycles. The Morgan fingerprint density at radius 3 is 3.00 bits per heavy atom. The van der Waals surface area contributed by atoms with Gasteiger partial charge in [0, 0.05) is 40.6 Å². The van der Waals surface area contributed by atoms with Crippen LogP contribution in [0.5, 0.6) is 0 Å². The second kappa shape index (κ2) is 4.94. The normalized spacial score (nSPS) is 23.2. The number of aliphatic hydroxyl groups is 1.